The quantitative estimate of drug-likeness (QED) is 0.449. The summed E-state index contributed by atoms with van der Waals surface area (Å²) in [6.45, 7) is 1.62. The number of fused-ring (bicyclic) bond motifs is 1. The van der Waals surface area contributed by atoms with Crippen molar-refractivity contribution in [3.8, 4) is 0 Å². The first-order chi connectivity index (χ1) is 14.0. The van der Waals surface area contributed by atoms with Crippen LogP contribution in [0, 0.1) is 0 Å². The number of halogens is 7. The van der Waals surface area contributed by atoms with E-state index in [4.69, 9.17) is 0 Å². The van der Waals surface area contributed by atoms with E-state index in [-0.39, 0.29) is 9.83 Å². The van der Waals surface area contributed by atoms with Crippen LogP contribution in [0.4, 0.5) is 30.7 Å². The van der Waals surface area contributed by atoms with Gasteiger partial charge in [-0.25, -0.2) is 31.7 Å². The van der Waals surface area contributed by atoms with Gasteiger partial charge in [0.1, 0.15) is 11.4 Å². The lowest BCUT2D eigenvalue weighted by Gasteiger charge is -2.11. The second-order valence-corrected chi connectivity index (χ2v) is 6.75. The summed E-state index contributed by atoms with van der Waals surface area (Å²) in [6, 6.07) is 1.21. The summed E-state index contributed by atoms with van der Waals surface area (Å²) in [5, 5.41) is 9.62. The second-order valence-electron chi connectivity index (χ2n) is 5.52. The molecule has 0 atom stereocenters. The number of hydrogen-bond donors (Lipinski definition) is 1. The second kappa shape index (κ2) is 8.08. The van der Waals surface area contributed by atoms with Gasteiger partial charge in [0.2, 0.25) is 5.16 Å². The molecule has 0 aliphatic heterocycles. The molecule has 0 aliphatic rings. The van der Waals surface area contributed by atoms with Crippen molar-refractivity contribution in [2.45, 2.75) is 31.1 Å². The van der Waals surface area contributed by atoms with Crippen molar-refractivity contribution in [3.05, 3.63) is 35.0 Å². The van der Waals surface area contributed by atoms with E-state index in [0.29, 0.717) is 16.3 Å². The molecule has 3 rings (SSSR count). The van der Waals surface area contributed by atoms with Crippen molar-refractivity contribution < 1.29 is 35.5 Å². The third kappa shape index (κ3) is 4.17. The summed E-state index contributed by atoms with van der Waals surface area (Å²) in [4.78, 5) is 15.9. The Balaban J connectivity index is 2.03. The van der Waals surface area contributed by atoms with Crippen molar-refractivity contribution in [2.24, 2.45) is 0 Å². The van der Waals surface area contributed by atoms with Crippen LogP contribution < -0.4 is 5.43 Å². The van der Waals surface area contributed by atoms with Crippen LogP contribution in [-0.2, 0) is 6.18 Å². The maximum absolute atomic E-state index is 13.2. The first kappa shape index (κ1) is 21.8. The minimum Gasteiger partial charge on any atom is -0.266 e. The SMILES string of the molecule is CCSc1nnc(C(F)(F)F)n1NC(=O)c1cc2nc(C(F)F)cc(C(F)F)n2n1. The number of aromatic nitrogens is 6. The maximum Gasteiger partial charge on any atom is 0.453 e. The molecular weight excluding hydrogens is 447 g/mol. The summed E-state index contributed by atoms with van der Waals surface area (Å²) in [5.74, 6) is -2.47. The molecule has 0 aromatic carbocycles. The van der Waals surface area contributed by atoms with Gasteiger partial charge in [0.25, 0.3) is 24.6 Å². The molecule has 3 aromatic rings. The van der Waals surface area contributed by atoms with Gasteiger partial charge in [-0.1, -0.05) is 18.7 Å². The summed E-state index contributed by atoms with van der Waals surface area (Å²) in [6.07, 6.45) is -11.4. The third-order valence-electron chi connectivity index (χ3n) is 3.53. The van der Waals surface area contributed by atoms with Gasteiger partial charge in [0.05, 0.1) is 0 Å². The number of hydrogen-bond acceptors (Lipinski definition) is 6. The fraction of sp³-hybridized carbons (Fsp3) is 0.357. The number of amides is 1. The molecule has 0 radical (unpaired) electrons. The zero-order chi connectivity index (χ0) is 22.2. The lowest BCUT2D eigenvalue weighted by molar-refractivity contribution is -0.146. The van der Waals surface area contributed by atoms with Gasteiger partial charge in [0.15, 0.2) is 11.3 Å². The van der Waals surface area contributed by atoms with Gasteiger partial charge in [-0.05, 0) is 11.8 Å². The van der Waals surface area contributed by atoms with Crippen molar-refractivity contribution in [3.63, 3.8) is 0 Å². The Hall–Kier alpha value is -2.91. The van der Waals surface area contributed by atoms with Gasteiger partial charge in [-0.3, -0.25) is 10.2 Å². The van der Waals surface area contributed by atoms with E-state index in [1.54, 1.807) is 6.92 Å². The predicted molar refractivity (Wildman–Crippen MR) is 88.0 cm³/mol. The van der Waals surface area contributed by atoms with E-state index in [9.17, 15) is 35.5 Å². The lowest BCUT2D eigenvalue weighted by Crippen LogP contribution is -2.29. The standard InChI is InChI=1S/C14H10F7N7OS/c1-2-30-13-24-23-12(14(19,20)21)28(13)26-11(29)6-4-8-22-5(9(15)16)3-7(10(17)18)27(8)25-6/h3-4,9-10H,2H2,1H3,(H,26,29). The Morgan fingerprint density at radius 1 is 1.17 bits per heavy atom. The molecule has 0 spiro atoms. The van der Waals surface area contributed by atoms with Crippen LogP contribution in [-0.4, -0.2) is 41.1 Å². The number of rotatable bonds is 6. The topological polar surface area (TPSA) is 90.0 Å². The Labute approximate surface area is 166 Å². The van der Waals surface area contributed by atoms with Gasteiger partial charge < -0.3 is 0 Å². The Morgan fingerprint density at radius 2 is 1.87 bits per heavy atom. The highest BCUT2D eigenvalue weighted by Crippen LogP contribution is 2.30. The molecule has 0 fully saturated rings. The average molecular weight is 457 g/mol. The fourth-order valence-corrected chi connectivity index (χ4v) is 2.95. The smallest absolute Gasteiger partial charge is 0.266 e. The number of carbonyl (C=O) groups excluding carboxylic acids is 1. The molecule has 0 unspecified atom stereocenters. The number of alkyl halides is 7. The van der Waals surface area contributed by atoms with Crippen LogP contribution in [0.2, 0.25) is 0 Å². The fourth-order valence-electron chi connectivity index (χ4n) is 2.33. The van der Waals surface area contributed by atoms with Crippen molar-refractivity contribution >= 4 is 23.3 Å². The summed E-state index contributed by atoms with van der Waals surface area (Å²) < 4.78 is 92.3. The lowest BCUT2D eigenvalue weighted by atomic mass is 10.3. The molecule has 16 heteroatoms. The predicted octanol–water partition coefficient (Wildman–Crippen LogP) is 3.71. The Bertz CT molecular complexity index is 1080. The van der Waals surface area contributed by atoms with Crippen LogP contribution in [0.25, 0.3) is 5.65 Å². The molecule has 0 aliphatic carbocycles. The molecule has 3 heterocycles. The number of nitrogens with one attached hydrogen (secondary N) is 1. The van der Waals surface area contributed by atoms with Gasteiger partial charge >= 0.3 is 6.18 Å². The molecule has 1 amide bonds. The molecule has 162 valence electrons. The number of carbonyl (C=O) groups is 1. The van der Waals surface area contributed by atoms with Gasteiger partial charge in [0, 0.05) is 6.07 Å². The van der Waals surface area contributed by atoms with Gasteiger partial charge in [-0.15, -0.1) is 10.2 Å². The molecule has 8 nitrogen and oxygen atoms in total. The normalized spacial score (nSPS) is 12.3. The van der Waals surface area contributed by atoms with Crippen molar-refractivity contribution in [2.75, 3.05) is 11.2 Å². The highest BCUT2D eigenvalue weighted by molar-refractivity contribution is 7.99. The minimum atomic E-state index is -4.96. The monoisotopic (exact) mass is 457 g/mol. The molecule has 0 saturated heterocycles. The minimum absolute atomic E-state index is 0.284. The molecule has 0 saturated carbocycles. The highest BCUT2D eigenvalue weighted by Gasteiger charge is 2.39. The third-order valence-corrected chi connectivity index (χ3v) is 4.34. The van der Waals surface area contributed by atoms with Crippen LogP contribution in [0.3, 0.4) is 0 Å². The maximum atomic E-state index is 13.2. The summed E-state index contributed by atoms with van der Waals surface area (Å²) in [7, 11) is 0. The van der Waals surface area contributed by atoms with Crippen LogP contribution in [0.5, 0.6) is 0 Å². The first-order valence-electron chi connectivity index (χ1n) is 7.96. The zero-order valence-corrected chi connectivity index (χ0v) is 15.5. The molecule has 30 heavy (non-hydrogen) atoms. The molecule has 1 N–H and O–H groups in total. The van der Waals surface area contributed by atoms with E-state index < -0.39 is 53.5 Å². The van der Waals surface area contributed by atoms with Gasteiger partial charge in [-0.2, -0.15) is 18.3 Å². The zero-order valence-electron chi connectivity index (χ0n) is 14.7. The number of nitrogens with zero attached hydrogens (tertiary/aromatic N) is 6. The highest BCUT2D eigenvalue weighted by atomic mass is 32.2. The van der Waals surface area contributed by atoms with Crippen LogP contribution in [0.15, 0.2) is 17.3 Å². The van der Waals surface area contributed by atoms with Crippen LogP contribution >= 0.6 is 11.8 Å². The van der Waals surface area contributed by atoms with Crippen molar-refractivity contribution in [1.82, 2.24) is 29.5 Å². The van der Waals surface area contributed by atoms with E-state index in [2.05, 4.69) is 20.3 Å². The largest absolute Gasteiger partial charge is 0.453 e. The van der Waals surface area contributed by atoms with Crippen LogP contribution in [0.1, 0.15) is 47.5 Å². The number of thioether (sulfide) groups is 1. The van der Waals surface area contributed by atoms with E-state index >= 15 is 0 Å². The first-order valence-corrected chi connectivity index (χ1v) is 8.95. The average Bonchev–Trinajstić information content (AvgIpc) is 3.25. The Kier molecular flexibility index (Phi) is 5.87. The summed E-state index contributed by atoms with van der Waals surface area (Å²) in [5.41, 5.74) is -1.18. The molecule has 3 aromatic heterocycles. The van der Waals surface area contributed by atoms with E-state index in [0.717, 1.165) is 17.8 Å². The Morgan fingerprint density at radius 3 is 2.43 bits per heavy atom. The summed E-state index contributed by atoms with van der Waals surface area (Å²) >= 11 is 0.847. The van der Waals surface area contributed by atoms with Crippen molar-refractivity contribution in [1.29, 1.82) is 0 Å². The molecule has 0 bridgehead atoms. The van der Waals surface area contributed by atoms with E-state index in [1.165, 1.54) is 0 Å². The van der Waals surface area contributed by atoms with E-state index in [1.807, 2.05) is 5.43 Å². The molecular formula is C14H10F7N7OS.